The SMILES string of the molecule is C#CC(C)[P+](c1ccccc1)(c1ccccc1)c1ccccc1.F[B-](F)(F)F.[C-]#[O+].[C-]#[O+].[C-]#[O+].[C-]#[O+].[C-]#[O+].[CH]1[CH][CH][CH][CH]1.[Co].[Mo]. The van der Waals surface area contributed by atoms with Crippen molar-refractivity contribution in [3.05, 3.63) is 156 Å². The summed E-state index contributed by atoms with van der Waals surface area (Å²) in [7, 11) is -7.88. The van der Waals surface area contributed by atoms with Crippen molar-refractivity contribution in [3.63, 3.8) is 0 Å². The van der Waals surface area contributed by atoms with Gasteiger partial charge in [-0.25, -0.2) is 0 Å². The molecule has 0 saturated heterocycles. The summed E-state index contributed by atoms with van der Waals surface area (Å²) in [5, 5.41) is 4.01. The van der Waals surface area contributed by atoms with E-state index < -0.39 is 14.5 Å². The molecule has 1 saturated carbocycles. The molecule has 1 aliphatic rings. The van der Waals surface area contributed by atoms with E-state index in [1.165, 1.54) is 15.9 Å². The molecule has 234 valence electrons. The molecular weight excluding hydrogens is 737 g/mol. The van der Waals surface area contributed by atoms with E-state index in [1.807, 2.05) is 32.1 Å². The molecule has 0 spiro atoms. The van der Waals surface area contributed by atoms with Crippen LogP contribution in [0.1, 0.15) is 6.92 Å². The Morgan fingerprint density at radius 1 is 0.556 bits per heavy atom. The Balaban J connectivity index is -0.000000144. The van der Waals surface area contributed by atoms with E-state index in [0.29, 0.717) is 0 Å². The number of halogens is 4. The van der Waals surface area contributed by atoms with Gasteiger partial charge in [0.05, 0.1) is 0 Å². The van der Waals surface area contributed by atoms with E-state index in [4.69, 9.17) is 29.7 Å². The Morgan fingerprint density at radius 3 is 0.889 bits per heavy atom. The first-order valence-electron chi connectivity index (χ1n) is 11.4. The molecule has 0 amide bonds. The first-order chi connectivity index (χ1) is 20.8. The van der Waals surface area contributed by atoms with Crippen molar-refractivity contribution in [2.24, 2.45) is 0 Å². The third kappa shape index (κ3) is 23.3. The molecule has 5 nitrogen and oxygen atoms in total. The normalized spacial score (nSPS) is 10.5. The molecule has 3 aromatic rings. The number of rotatable bonds is 4. The molecule has 1 unspecified atom stereocenters. The van der Waals surface area contributed by atoms with Crippen molar-refractivity contribution in [1.82, 2.24) is 0 Å². The molecule has 45 heavy (non-hydrogen) atoms. The topological polar surface area (TPSA) is 99.5 Å². The Kier molecular flexibility index (Phi) is 45.7. The summed E-state index contributed by atoms with van der Waals surface area (Å²) in [6.45, 7) is 24.7. The predicted octanol–water partition coefficient (Wildman–Crippen LogP) is 6.13. The maximum absolute atomic E-state index is 9.75. The second kappa shape index (κ2) is 37.5. The van der Waals surface area contributed by atoms with Gasteiger partial charge < -0.3 is 17.3 Å². The predicted molar refractivity (Wildman–Crippen MR) is 155 cm³/mol. The monoisotopic (exact) mass is 764 g/mol. The van der Waals surface area contributed by atoms with Crippen LogP contribution in [0.2, 0.25) is 0 Å². The Bertz CT molecular complexity index is 1070. The second-order valence-electron chi connectivity index (χ2n) is 7.03. The minimum atomic E-state index is -6.00. The van der Waals surface area contributed by atoms with Crippen molar-refractivity contribution >= 4 is 30.4 Å². The molecule has 13 heteroatoms. The molecule has 0 aliphatic heterocycles. The average molecular weight is 762 g/mol. The van der Waals surface area contributed by atoms with Crippen molar-refractivity contribution in [2.45, 2.75) is 12.6 Å². The number of terminal acetylenes is 1. The minimum absolute atomic E-state index is 0. The fourth-order valence-electron chi connectivity index (χ4n) is 3.54. The first kappa shape index (κ1) is 54.8. The van der Waals surface area contributed by atoms with E-state index in [0.717, 1.165) is 0 Å². The molecule has 0 heterocycles. The van der Waals surface area contributed by atoms with Crippen molar-refractivity contribution < 1.29 is 78.4 Å². The summed E-state index contributed by atoms with van der Waals surface area (Å²) in [5.74, 6) is 3.05. The van der Waals surface area contributed by atoms with E-state index in [2.05, 4.69) is 137 Å². The molecule has 3 aromatic carbocycles. The molecular formula is C32H25BCoF4MoO5P. The van der Waals surface area contributed by atoms with Gasteiger partial charge in [-0.05, 0) is 75.4 Å². The second-order valence-corrected chi connectivity index (χ2v) is 10.8. The molecule has 1 fully saturated rings. The molecule has 0 bridgehead atoms. The molecule has 6 radical (unpaired) electrons. The van der Waals surface area contributed by atoms with Crippen LogP contribution in [-0.2, 0) is 61.1 Å². The standard InChI is InChI=1S/C22H20P.C5H5.5CO.BF4.Co.Mo/c1-3-19(2)23(20-13-7-4-8-14-20,21-15-9-5-10-16-21)22-17-11-6-12-18-22;1-2-4-5-3-1;5*1-2;2-1(3,4)5;;/h1,4-19H,2H3;1-5H;;;;;;;;/q+1;;;;;;;-1;;. The number of benzene rings is 3. The van der Waals surface area contributed by atoms with Crippen LogP contribution >= 0.6 is 7.26 Å². The van der Waals surface area contributed by atoms with Gasteiger partial charge in [0.2, 0.25) is 0 Å². The molecule has 1 atom stereocenters. The zero-order valence-corrected chi connectivity index (χ0v) is 27.5. The Labute approximate surface area is 288 Å². The Hall–Kier alpha value is -2.67. The van der Waals surface area contributed by atoms with Crippen LogP contribution in [0.5, 0.6) is 0 Å². The third-order valence-electron chi connectivity index (χ3n) is 4.87. The maximum Gasteiger partial charge on any atom is 0 e. The van der Waals surface area contributed by atoms with Crippen LogP contribution in [0, 0.1) is 77.7 Å². The van der Waals surface area contributed by atoms with Gasteiger partial charge in [0.1, 0.15) is 28.8 Å². The summed E-state index contributed by atoms with van der Waals surface area (Å²) in [6, 6.07) is 32.2. The van der Waals surface area contributed by atoms with E-state index in [9.17, 15) is 17.3 Å². The summed E-state index contributed by atoms with van der Waals surface area (Å²) >= 11 is 0. The largest absolute Gasteiger partial charge is 0.0312 e. The van der Waals surface area contributed by atoms with Crippen LogP contribution in [0.15, 0.2) is 91.0 Å². The molecule has 0 aromatic heterocycles. The fraction of sp³-hybridized carbons (Fsp3) is 0.0625. The van der Waals surface area contributed by atoms with Crippen LogP contribution in [0.25, 0.3) is 0 Å². The first-order valence-corrected chi connectivity index (χ1v) is 13.2. The average Bonchev–Trinajstić information content (AvgIpc) is 3.68. The van der Waals surface area contributed by atoms with Crippen molar-refractivity contribution in [1.29, 1.82) is 0 Å². The van der Waals surface area contributed by atoms with Gasteiger partial charge in [0.25, 0.3) is 0 Å². The Morgan fingerprint density at radius 2 is 0.733 bits per heavy atom. The van der Waals surface area contributed by atoms with E-state index >= 15 is 0 Å². The van der Waals surface area contributed by atoms with Crippen LogP contribution < -0.4 is 15.9 Å². The zero-order valence-electron chi connectivity index (χ0n) is 23.5. The maximum atomic E-state index is 9.75. The van der Waals surface area contributed by atoms with Gasteiger partial charge in [-0.1, -0.05) is 60.5 Å². The van der Waals surface area contributed by atoms with Gasteiger partial charge in [-0.2, -0.15) is 0 Å². The third-order valence-corrected chi connectivity index (χ3v) is 9.52. The van der Waals surface area contributed by atoms with Crippen LogP contribution in [-0.4, -0.2) is 12.9 Å². The quantitative estimate of drug-likeness (QED) is 0.0764. The van der Waals surface area contributed by atoms with Crippen LogP contribution in [0.4, 0.5) is 17.3 Å². The van der Waals surface area contributed by atoms with E-state index in [-0.39, 0.29) is 43.5 Å². The van der Waals surface area contributed by atoms with Gasteiger partial charge in [0.15, 0.2) is 0 Å². The van der Waals surface area contributed by atoms with Crippen molar-refractivity contribution in [2.75, 3.05) is 0 Å². The molecule has 0 N–H and O–H groups in total. The van der Waals surface area contributed by atoms with Crippen LogP contribution in [0.3, 0.4) is 0 Å². The fourth-order valence-corrected chi connectivity index (χ4v) is 7.93. The number of hydrogen-bond acceptors (Lipinski definition) is 0. The van der Waals surface area contributed by atoms with Gasteiger partial charge in [-0.3, -0.25) is 0 Å². The summed E-state index contributed by atoms with van der Waals surface area (Å²) in [4.78, 5) is 0. The molecule has 4 rings (SSSR count). The smallest absolute Gasteiger partial charge is 0 e. The summed E-state index contributed by atoms with van der Waals surface area (Å²) < 4.78 is 76.5. The van der Waals surface area contributed by atoms with Crippen molar-refractivity contribution in [3.8, 4) is 12.3 Å². The molecule has 1 aliphatic carbocycles. The number of hydrogen-bond donors (Lipinski definition) is 0. The van der Waals surface area contributed by atoms with E-state index in [1.54, 1.807) is 0 Å². The summed E-state index contributed by atoms with van der Waals surface area (Å²) in [6.07, 6.45) is 15.9. The van der Waals surface area contributed by atoms with Gasteiger partial charge in [-0.15, -0.1) is 6.42 Å². The zero-order chi connectivity index (χ0) is 34.2. The summed E-state index contributed by atoms with van der Waals surface area (Å²) in [5.41, 5.74) is 0.134. The minimum Gasteiger partial charge on any atom is -0.0312 e. The van der Waals surface area contributed by atoms with Gasteiger partial charge >= 0.3 is 63.8 Å². The van der Waals surface area contributed by atoms with Gasteiger partial charge in [0, 0.05) is 37.8 Å².